The van der Waals surface area contributed by atoms with Crippen molar-refractivity contribution in [3.05, 3.63) is 24.2 Å². The van der Waals surface area contributed by atoms with Crippen LogP contribution < -0.4 is 10.5 Å². The SMILES string of the molecule is Cc1cc(Oc2cncc(N)n2)n(C)n1. The normalized spacial score (nSPS) is 10.3. The van der Waals surface area contributed by atoms with E-state index in [1.54, 1.807) is 11.7 Å². The molecule has 0 aromatic carbocycles. The fourth-order valence-corrected chi connectivity index (χ4v) is 1.20. The molecule has 0 amide bonds. The number of aromatic nitrogens is 4. The average molecular weight is 205 g/mol. The molecule has 0 atom stereocenters. The lowest BCUT2D eigenvalue weighted by Gasteiger charge is -2.03. The largest absolute Gasteiger partial charge is 0.419 e. The average Bonchev–Trinajstić information content (AvgIpc) is 2.45. The molecule has 0 fully saturated rings. The van der Waals surface area contributed by atoms with Gasteiger partial charge in [-0.25, -0.2) is 4.68 Å². The van der Waals surface area contributed by atoms with Crippen molar-refractivity contribution in [1.29, 1.82) is 0 Å². The molecule has 15 heavy (non-hydrogen) atoms. The lowest BCUT2D eigenvalue weighted by molar-refractivity contribution is 0.414. The van der Waals surface area contributed by atoms with Crippen molar-refractivity contribution in [3.63, 3.8) is 0 Å². The molecule has 0 aliphatic rings. The molecule has 0 bridgehead atoms. The van der Waals surface area contributed by atoms with E-state index in [-0.39, 0.29) is 0 Å². The highest BCUT2D eigenvalue weighted by Gasteiger charge is 2.05. The number of nitrogens with two attached hydrogens (primary N) is 1. The Morgan fingerprint density at radius 2 is 2.20 bits per heavy atom. The Morgan fingerprint density at radius 1 is 1.40 bits per heavy atom. The van der Waals surface area contributed by atoms with Crippen LogP contribution >= 0.6 is 0 Å². The number of rotatable bonds is 2. The molecule has 2 heterocycles. The lowest BCUT2D eigenvalue weighted by Crippen LogP contribution is -1.98. The minimum Gasteiger partial charge on any atom is -0.419 e. The summed E-state index contributed by atoms with van der Waals surface area (Å²) in [4.78, 5) is 7.85. The lowest BCUT2D eigenvalue weighted by atomic mass is 10.5. The second-order valence-corrected chi connectivity index (χ2v) is 3.13. The fraction of sp³-hybridized carbons (Fsp3) is 0.222. The first-order valence-electron chi connectivity index (χ1n) is 4.41. The molecule has 2 aromatic heterocycles. The van der Waals surface area contributed by atoms with Crippen LogP contribution in [0.5, 0.6) is 11.8 Å². The van der Waals surface area contributed by atoms with Crippen LogP contribution in [-0.2, 0) is 7.05 Å². The molecule has 6 nitrogen and oxygen atoms in total. The molecular formula is C9H11N5O. The highest BCUT2D eigenvalue weighted by molar-refractivity contribution is 5.28. The highest BCUT2D eigenvalue weighted by atomic mass is 16.5. The van der Waals surface area contributed by atoms with Gasteiger partial charge in [0, 0.05) is 13.1 Å². The van der Waals surface area contributed by atoms with Gasteiger partial charge in [-0.2, -0.15) is 10.1 Å². The van der Waals surface area contributed by atoms with Gasteiger partial charge in [-0.05, 0) is 6.92 Å². The molecule has 6 heteroatoms. The topological polar surface area (TPSA) is 78.9 Å². The number of nitrogens with zero attached hydrogens (tertiary/aromatic N) is 4. The summed E-state index contributed by atoms with van der Waals surface area (Å²) in [5.74, 6) is 1.29. The van der Waals surface area contributed by atoms with E-state index < -0.39 is 0 Å². The molecule has 0 radical (unpaired) electrons. The zero-order valence-corrected chi connectivity index (χ0v) is 8.51. The molecule has 0 aliphatic heterocycles. The number of anilines is 1. The Kier molecular flexibility index (Phi) is 2.24. The van der Waals surface area contributed by atoms with Crippen LogP contribution in [0, 0.1) is 6.92 Å². The van der Waals surface area contributed by atoms with Crippen LogP contribution in [0.15, 0.2) is 18.5 Å². The standard InChI is InChI=1S/C9H11N5O/c1-6-3-9(14(2)13-6)15-8-5-11-4-7(10)12-8/h3-5H,1-2H3,(H2,10,12). The smallest absolute Gasteiger partial charge is 0.241 e. The van der Waals surface area contributed by atoms with Gasteiger partial charge < -0.3 is 10.5 Å². The summed E-state index contributed by atoms with van der Waals surface area (Å²) in [6.07, 6.45) is 2.96. The van der Waals surface area contributed by atoms with Crippen LogP contribution in [0.25, 0.3) is 0 Å². The van der Waals surface area contributed by atoms with Gasteiger partial charge in [0.1, 0.15) is 5.82 Å². The Morgan fingerprint density at radius 3 is 2.80 bits per heavy atom. The van der Waals surface area contributed by atoms with Crippen molar-refractivity contribution < 1.29 is 4.74 Å². The summed E-state index contributed by atoms with van der Waals surface area (Å²) in [5, 5.41) is 4.14. The van der Waals surface area contributed by atoms with Crippen molar-refractivity contribution in [1.82, 2.24) is 19.7 Å². The minimum atomic E-state index is 0.325. The predicted molar refractivity (Wildman–Crippen MR) is 54.5 cm³/mol. The van der Waals surface area contributed by atoms with Crippen molar-refractivity contribution in [2.75, 3.05) is 5.73 Å². The quantitative estimate of drug-likeness (QED) is 0.787. The molecular weight excluding hydrogens is 194 g/mol. The van der Waals surface area contributed by atoms with Gasteiger partial charge in [-0.15, -0.1) is 0 Å². The first kappa shape index (κ1) is 9.45. The fourth-order valence-electron chi connectivity index (χ4n) is 1.20. The van der Waals surface area contributed by atoms with E-state index in [4.69, 9.17) is 10.5 Å². The molecule has 0 unspecified atom stereocenters. The molecule has 0 saturated carbocycles. The van der Waals surface area contributed by atoms with E-state index >= 15 is 0 Å². The van der Waals surface area contributed by atoms with Gasteiger partial charge in [0.05, 0.1) is 18.1 Å². The minimum absolute atomic E-state index is 0.325. The number of hydrogen-bond acceptors (Lipinski definition) is 5. The van der Waals surface area contributed by atoms with Crippen molar-refractivity contribution >= 4 is 5.82 Å². The van der Waals surface area contributed by atoms with Crippen LogP contribution in [-0.4, -0.2) is 19.7 Å². The molecule has 0 aliphatic carbocycles. The van der Waals surface area contributed by atoms with E-state index in [2.05, 4.69) is 15.1 Å². The first-order valence-corrected chi connectivity index (χ1v) is 4.41. The van der Waals surface area contributed by atoms with Crippen molar-refractivity contribution in [3.8, 4) is 11.8 Å². The van der Waals surface area contributed by atoms with Crippen LogP contribution in [0.3, 0.4) is 0 Å². The maximum atomic E-state index is 5.48. The van der Waals surface area contributed by atoms with Crippen LogP contribution in [0.2, 0.25) is 0 Å². The number of hydrogen-bond donors (Lipinski definition) is 1. The second-order valence-electron chi connectivity index (χ2n) is 3.13. The summed E-state index contributed by atoms with van der Waals surface area (Å²) < 4.78 is 7.08. The molecule has 0 saturated heterocycles. The zero-order valence-electron chi connectivity index (χ0n) is 8.51. The summed E-state index contributed by atoms with van der Waals surface area (Å²) in [5.41, 5.74) is 6.36. The summed E-state index contributed by atoms with van der Waals surface area (Å²) in [6.45, 7) is 1.89. The third kappa shape index (κ3) is 2.04. The molecule has 2 aromatic rings. The van der Waals surface area contributed by atoms with Gasteiger partial charge in [0.15, 0.2) is 0 Å². The number of nitrogen functional groups attached to an aromatic ring is 1. The Balaban J connectivity index is 2.25. The van der Waals surface area contributed by atoms with Gasteiger partial charge in [0.2, 0.25) is 11.8 Å². The zero-order chi connectivity index (χ0) is 10.8. The molecule has 78 valence electrons. The maximum Gasteiger partial charge on any atom is 0.241 e. The third-order valence-corrected chi connectivity index (χ3v) is 1.80. The third-order valence-electron chi connectivity index (χ3n) is 1.80. The monoisotopic (exact) mass is 205 g/mol. The first-order chi connectivity index (χ1) is 7.15. The molecule has 0 spiro atoms. The van der Waals surface area contributed by atoms with Gasteiger partial charge in [0.25, 0.3) is 0 Å². The van der Waals surface area contributed by atoms with E-state index in [9.17, 15) is 0 Å². The van der Waals surface area contributed by atoms with Crippen molar-refractivity contribution in [2.45, 2.75) is 6.92 Å². The summed E-state index contributed by atoms with van der Waals surface area (Å²) in [7, 11) is 1.79. The van der Waals surface area contributed by atoms with Crippen molar-refractivity contribution in [2.24, 2.45) is 7.05 Å². The Hall–Kier alpha value is -2.11. The van der Waals surface area contributed by atoms with Crippen LogP contribution in [0.4, 0.5) is 5.82 Å². The van der Waals surface area contributed by atoms with Gasteiger partial charge >= 0.3 is 0 Å². The maximum absolute atomic E-state index is 5.48. The summed E-state index contributed by atoms with van der Waals surface area (Å²) in [6, 6.07) is 1.81. The van der Waals surface area contributed by atoms with Gasteiger partial charge in [-0.1, -0.05) is 0 Å². The highest BCUT2D eigenvalue weighted by Crippen LogP contribution is 2.19. The van der Waals surface area contributed by atoms with Crippen LogP contribution in [0.1, 0.15) is 5.69 Å². The number of ether oxygens (including phenoxy) is 1. The van der Waals surface area contributed by atoms with E-state index in [0.717, 1.165) is 5.69 Å². The predicted octanol–water partition coefficient (Wildman–Crippen LogP) is 0.893. The Labute approximate surface area is 86.7 Å². The molecule has 2 rings (SSSR count). The summed E-state index contributed by atoms with van der Waals surface area (Å²) >= 11 is 0. The van der Waals surface area contributed by atoms with E-state index in [0.29, 0.717) is 17.6 Å². The van der Waals surface area contributed by atoms with Gasteiger partial charge in [-0.3, -0.25) is 4.98 Å². The Bertz CT molecular complexity index is 479. The number of aryl methyl sites for hydroxylation is 2. The van der Waals surface area contributed by atoms with E-state index in [1.807, 2.05) is 13.0 Å². The second kappa shape index (κ2) is 3.56. The molecule has 2 N–H and O–H groups in total. The van der Waals surface area contributed by atoms with E-state index in [1.165, 1.54) is 12.4 Å².